The molecule has 1 N–H and O–H groups in total. The van der Waals surface area contributed by atoms with Crippen molar-refractivity contribution in [2.45, 2.75) is 132 Å². The second kappa shape index (κ2) is 12.1. The molecule has 2 fully saturated rings. The predicted octanol–water partition coefficient (Wildman–Crippen LogP) is 8.81. The van der Waals surface area contributed by atoms with Crippen molar-refractivity contribution in [3.63, 3.8) is 0 Å². The van der Waals surface area contributed by atoms with Crippen molar-refractivity contribution in [2.75, 3.05) is 0 Å². The van der Waals surface area contributed by atoms with E-state index in [-0.39, 0.29) is 6.10 Å². The van der Waals surface area contributed by atoms with Crippen LogP contribution in [-0.4, -0.2) is 11.2 Å². The molecular formula is C29H54O. The molecule has 0 amide bonds. The summed E-state index contributed by atoms with van der Waals surface area (Å²) in [7, 11) is 0. The molecule has 1 heteroatoms. The maximum absolute atomic E-state index is 10.2. The van der Waals surface area contributed by atoms with Gasteiger partial charge in [-0.2, -0.15) is 0 Å². The van der Waals surface area contributed by atoms with Gasteiger partial charge in [0.15, 0.2) is 0 Å². The van der Waals surface area contributed by atoms with Crippen LogP contribution in [-0.2, 0) is 0 Å². The van der Waals surface area contributed by atoms with Crippen LogP contribution in [0, 0.1) is 40.9 Å². The van der Waals surface area contributed by atoms with E-state index < -0.39 is 0 Å². The first-order valence-electron chi connectivity index (χ1n) is 13.6. The van der Waals surface area contributed by atoms with E-state index in [2.05, 4.69) is 54.5 Å². The molecule has 0 saturated heterocycles. The molecule has 30 heavy (non-hydrogen) atoms. The Morgan fingerprint density at radius 3 is 2.23 bits per heavy atom. The van der Waals surface area contributed by atoms with Gasteiger partial charge in [0.05, 0.1) is 6.10 Å². The molecule has 2 rings (SSSR count). The van der Waals surface area contributed by atoms with Crippen LogP contribution in [0.1, 0.15) is 126 Å². The molecular weight excluding hydrogens is 364 g/mol. The largest absolute Gasteiger partial charge is 0.393 e. The molecule has 0 aromatic heterocycles. The van der Waals surface area contributed by atoms with Gasteiger partial charge in [-0.25, -0.2) is 0 Å². The highest BCUT2D eigenvalue weighted by Crippen LogP contribution is 2.58. The molecule has 176 valence electrons. The minimum Gasteiger partial charge on any atom is -0.393 e. The average molecular weight is 419 g/mol. The topological polar surface area (TPSA) is 20.2 Å². The van der Waals surface area contributed by atoms with Gasteiger partial charge in [0.25, 0.3) is 0 Å². The summed E-state index contributed by atoms with van der Waals surface area (Å²) in [5, 5.41) is 10.2. The lowest BCUT2D eigenvalue weighted by molar-refractivity contribution is 0.0578. The summed E-state index contributed by atoms with van der Waals surface area (Å²) < 4.78 is 0. The van der Waals surface area contributed by atoms with E-state index in [0.29, 0.717) is 5.41 Å². The van der Waals surface area contributed by atoms with E-state index >= 15 is 0 Å². The number of hydrogen-bond donors (Lipinski definition) is 1. The third kappa shape index (κ3) is 6.60. The van der Waals surface area contributed by atoms with Gasteiger partial charge in [-0.1, -0.05) is 85.8 Å². The first-order valence-corrected chi connectivity index (χ1v) is 13.6. The second-order valence-electron chi connectivity index (χ2n) is 11.9. The van der Waals surface area contributed by atoms with Gasteiger partial charge >= 0.3 is 0 Å². The normalized spacial score (nSPS) is 35.8. The number of allylic oxidation sites excluding steroid dienone is 1. The molecule has 0 bridgehead atoms. The van der Waals surface area contributed by atoms with Crippen LogP contribution < -0.4 is 0 Å². The lowest BCUT2D eigenvalue weighted by Crippen LogP contribution is -2.36. The molecule has 0 heterocycles. The summed E-state index contributed by atoms with van der Waals surface area (Å²) in [5.41, 5.74) is 2.09. The molecule has 0 spiro atoms. The monoisotopic (exact) mass is 418 g/mol. The summed E-state index contributed by atoms with van der Waals surface area (Å²) in [4.78, 5) is 0. The fourth-order valence-electron chi connectivity index (χ4n) is 7.64. The highest BCUT2D eigenvalue weighted by Gasteiger charge is 2.49. The van der Waals surface area contributed by atoms with Crippen LogP contribution in [0.5, 0.6) is 0 Å². The van der Waals surface area contributed by atoms with E-state index in [1.54, 1.807) is 5.57 Å². The molecule has 0 aromatic carbocycles. The Morgan fingerprint density at radius 1 is 0.967 bits per heavy atom. The van der Waals surface area contributed by atoms with Crippen molar-refractivity contribution in [3.05, 3.63) is 11.6 Å². The van der Waals surface area contributed by atoms with E-state index in [4.69, 9.17) is 0 Å². The Morgan fingerprint density at radius 2 is 1.63 bits per heavy atom. The van der Waals surface area contributed by atoms with Gasteiger partial charge in [-0.05, 0) is 92.3 Å². The number of aliphatic hydroxyl groups excluding tert-OH is 1. The van der Waals surface area contributed by atoms with Gasteiger partial charge < -0.3 is 5.11 Å². The van der Waals surface area contributed by atoms with E-state index in [1.165, 1.54) is 57.8 Å². The molecule has 2 aliphatic carbocycles. The first kappa shape index (κ1) is 26.0. The van der Waals surface area contributed by atoms with Crippen molar-refractivity contribution in [2.24, 2.45) is 40.9 Å². The minimum atomic E-state index is -0.0951. The van der Waals surface area contributed by atoms with Gasteiger partial charge in [-0.15, -0.1) is 0 Å². The standard InChI is InChI=1S/C29H54O/c1-8-11-24-20-26(30)15-14-25(24)19-23(6)28-17-16-27(29(28,7)18-9-2)22(5)13-10-12-21(3)4/h11,21-23,25-28,30H,8-10,12-20H2,1-7H3/b24-11-/t22?,23?,25?,26?,27?,28?,29-/m1/s1. The summed E-state index contributed by atoms with van der Waals surface area (Å²) in [6, 6.07) is 0. The zero-order chi connectivity index (χ0) is 22.3. The highest BCUT2D eigenvalue weighted by molar-refractivity contribution is 5.12. The lowest BCUT2D eigenvalue weighted by atomic mass is 9.61. The smallest absolute Gasteiger partial charge is 0.0577 e. The number of hydrogen-bond acceptors (Lipinski definition) is 1. The van der Waals surface area contributed by atoms with Gasteiger partial charge in [-0.3, -0.25) is 0 Å². The van der Waals surface area contributed by atoms with Gasteiger partial charge in [0.2, 0.25) is 0 Å². The Balaban J connectivity index is 2.06. The Labute approximate surface area is 189 Å². The van der Waals surface area contributed by atoms with Gasteiger partial charge in [0, 0.05) is 0 Å². The van der Waals surface area contributed by atoms with Crippen LogP contribution in [0.3, 0.4) is 0 Å². The average Bonchev–Trinajstić information content (AvgIpc) is 3.01. The third-order valence-corrected chi connectivity index (χ3v) is 9.05. The summed E-state index contributed by atoms with van der Waals surface area (Å²) >= 11 is 0. The fraction of sp³-hybridized carbons (Fsp3) is 0.931. The minimum absolute atomic E-state index is 0.0951. The van der Waals surface area contributed by atoms with Crippen molar-refractivity contribution in [1.82, 2.24) is 0 Å². The Kier molecular flexibility index (Phi) is 10.4. The summed E-state index contributed by atoms with van der Waals surface area (Å²) in [5.74, 6) is 5.03. The SMILES string of the molecule is CC/C=C1/CC(O)CCC1CC(C)C1CCC(C(C)CCCC(C)C)[C@@]1(C)CCC. The first-order chi connectivity index (χ1) is 14.2. The zero-order valence-corrected chi connectivity index (χ0v) is 21.6. The van der Waals surface area contributed by atoms with E-state index in [0.717, 1.165) is 54.8 Å². The van der Waals surface area contributed by atoms with Crippen LogP contribution in [0.15, 0.2) is 11.6 Å². The molecule has 0 aliphatic heterocycles. The molecule has 0 radical (unpaired) electrons. The van der Waals surface area contributed by atoms with E-state index in [9.17, 15) is 5.11 Å². The van der Waals surface area contributed by atoms with Crippen LogP contribution in [0.4, 0.5) is 0 Å². The van der Waals surface area contributed by atoms with Crippen LogP contribution in [0.2, 0.25) is 0 Å². The third-order valence-electron chi connectivity index (χ3n) is 9.05. The van der Waals surface area contributed by atoms with Gasteiger partial charge in [0.1, 0.15) is 0 Å². The van der Waals surface area contributed by atoms with Crippen molar-refractivity contribution in [3.8, 4) is 0 Å². The quantitative estimate of drug-likeness (QED) is 0.332. The highest BCUT2D eigenvalue weighted by atomic mass is 16.3. The molecule has 7 atom stereocenters. The summed E-state index contributed by atoms with van der Waals surface area (Å²) in [6.07, 6.45) is 17.8. The fourth-order valence-corrected chi connectivity index (χ4v) is 7.64. The van der Waals surface area contributed by atoms with E-state index in [1.807, 2.05) is 0 Å². The van der Waals surface area contributed by atoms with Crippen molar-refractivity contribution in [1.29, 1.82) is 0 Å². The Hall–Kier alpha value is -0.300. The molecule has 2 aliphatic rings. The van der Waals surface area contributed by atoms with Crippen molar-refractivity contribution >= 4 is 0 Å². The predicted molar refractivity (Wildman–Crippen MR) is 133 cm³/mol. The molecule has 6 unspecified atom stereocenters. The number of aliphatic hydroxyl groups is 1. The van der Waals surface area contributed by atoms with Crippen molar-refractivity contribution < 1.29 is 5.11 Å². The van der Waals surface area contributed by atoms with Crippen LogP contribution in [0.25, 0.3) is 0 Å². The second-order valence-corrected chi connectivity index (χ2v) is 11.9. The molecule has 0 aromatic rings. The summed E-state index contributed by atoms with van der Waals surface area (Å²) in [6.45, 7) is 17.2. The zero-order valence-electron chi connectivity index (χ0n) is 21.6. The Bertz CT molecular complexity index is 520. The maximum atomic E-state index is 10.2. The number of rotatable bonds is 11. The molecule has 2 saturated carbocycles. The maximum Gasteiger partial charge on any atom is 0.0577 e. The van der Waals surface area contributed by atoms with Crippen LogP contribution >= 0.6 is 0 Å². The lowest BCUT2D eigenvalue weighted by Gasteiger charge is -2.43. The molecule has 1 nitrogen and oxygen atoms in total.